The van der Waals surface area contributed by atoms with Crippen molar-refractivity contribution < 1.29 is 8.95 Å². The molecule has 8 heteroatoms. The van der Waals surface area contributed by atoms with Crippen LogP contribution < -0.4 is 10.6 Å². The lowest BCUT2D eigenvalue weighted by atomic mass is 10.1. The summed E-state index contributed by atoms with van der Waals surface area (Å²) in [6, 6.07) is 14.6. The van der Waals surface area contributed by atoms with E-state index >= 15 is 0 Å². The second kappa shape index (κ2) is 12.2. The molecule has 3 unspecified atom stereocenters. The Morgan fingerprint density at radius 2 is 2.13 bits per heavy atom. The van der Waals surface area contributed by atoms with Crippen LogP contribution in [-0.2, 0) is 21.3 Å². The van der Waals surface area contributed by atoms with Gasteiger partial charge in [-0.1, -0.05) is 36.4 Å². The first-order chi connectivity index (χ1) is 14.7. The summed E-state index contributed by atoms with van der Waals surface area (Å²) in [7, 11) is 0.871. The van der Waals surface area contributed by atoms with Gasteiger partial charge in [0.25, 0.3) is 0 Å². The zero-order chi connectivity index (χ0) is 21.2. The molecule has 164 valence electrons. The van der Waals surface area contributed by atoms with Crippen LogP contribution in [0.3, 0.4) is 0 Å². The van der Waals surface area contributed by atoms with Crippen molar-refractivity contribution in [3.8, 4) is 0 Å². The molecule has 30 heavy (non-hydrogen) atoms. The molecule has 0 amide bonds. The molecule has 1 aliphatic heterocycles. The van der Waals surface area contributed by atoms with Crippen molar-refractivity contribution in [2.24, 2.45) is 4.99 Å². The van der Waals surface area contributed by atoms with Crippen LogP contribution in [0.25, 0.3) is 0 Å². The van der Waals surface area contributed by atoms with Gasteiger partial charge in [0, 0.05) is 60.4 Å². The van der Waals surface area contributed by atoms with Crippen LogP contribution in [0.5, 0.6) is 0 Å². The molecule has 1 aliphatic rings. The van der Waals surface area contributed by atoms with Crippen molar-refractivity contribution in [1.29, 1.82) is 0 Å². The molecular formula is C22H32N4O2S2. The highest BCUT2D eigenvalue weighted by Gasteiger charge is 2.26. The first-order valence-electron chi connectivity index (χ1n) is 10.4. The highest BCUT2D eigenvalue weighted by molar-refractivity contribution is 7.84. The van der Waals surface area contributed by atoms with E-state index in [4.69, 9.17) is 4.74 Å². The summed E-state index contributed by atoms with van der Waals surface area (Å²) < 4.78 is 18.1. The Bertz CT molecular complexity index is 799. The second-order valence-corrected chi connectivity index (χ2v) is 9.92. The SMILES string of the molecule is CN=C(NCCS(=O)Cc1ccccc1)NCC(c1cccs1)N1CCOC(C)C1. The number of nitrogens with zero attached hydrogens (tertiary/aromatic N) is 2. The standard InChI is InChI=1S/C22H32N4O2S2/c1-18-16-26(11-12-28-18)20(21-9-6-13-29-21)15-25-22(23-2)24-10-14-30(27)17-19-7-4-3-5-8-19/h3-9,13,18,20H,10-12,14-17H2,1-2H3,(H2,23,24,25). The molecule has 1 aromatic carbocycles. The van der Waals surface area contributed by atoms with E-state index in [1.807, 2.05) is 30.3 Å². The number of guanidine groups is 1. The summed E-state index contributed by atoms with van der Waals surface area (Å²) in [4.78, 5) is 8.16. The van der Waals surface area contributed by atoms with E-state index in [0.29, 0.717) is 18.1 Å². The Morgan fingerprint density at radius 1 is 1.30 bits per heavy atom. The summed E-state index contributed by atoms with van der Waals surface area (Å²) in [5.74, 6) is 1.92. The van der Waals surface area contributed by atoms with Gasteiger partial charge in [-0.15, -0.1) is 11.3 Å². The lowest BCUT2D eigenvalue weighted by Gasteiger charge is -2.37. The average molecular weight is 449 g/mol. The molecule has 2 N–H and O–H groups in total. The third-order valence-electron chi connectivity index (χ3n) is 5.06. The van der Waals surface area contributed by atoms with E-state index in [-0.39, 0.29) is 12.1 Å². The normalized spacial score (nSPS) is 19.9. The number of hydrogen-bond acceptors (Lipinski definition) is 5. The van der Waals surface area contributed by atoms with Gasteiger partial charge in [0.15, 0.2) is 5.96 Å². The van der Waals surface area contributed by atoms with Crippen LogP contribution in [0.1, 0.15) is 23.4 Å². The van der Waals surface area contributed by atoms with Gasteiger partial charge < -0.3 is 15.4 Å². The quantitative estimate of drug-likeness (QED) is 0.456. The first kappa shape index (κ1) is 22.9. The van der Waals surface area contributed by atoms with Crippen molar-refractivity contribution >= 4 is 28.1 Å². The lowest BCUT2D eigenvalue weighted by molar-refractivity contribution is -0.0334. The van der Waals surface area contributed by atoms with E-state index in [9.17, 15) is 4.21 Å². The topological polar surface area (TPSA) is 66.0 Å². The number of morpholine rings is 1. The zero-order valence-corrected chi connectivity index (χ0v) is 19.4. The second-order valence-electron chi connectivity index (χ2n) is 7.36. The van der Waals surface area contributed by atoms with Crippen LogP contribution >= 0.6 is 11.3 Å². The van der Waals surface area contributed by atoms with Crippen molar-refractivity contribution in [2.75, 3.05) is 45.6 Å². The molecule has 3 rings (SSSR count). The first-order valence-corrected chi connectivity index (χ1v) is 12.7. The summed E-state index contributed by atoms with van der Waals surface area (Å²) in [6.07, 6.45) is 0.248. The molecule has 1 aromatic heterocycles. The minimum atomic E-state index is -0.900. The Morgan fingerprint density at radius 3 is 2.83 bits per heavy atom. The fraction of sp³-hybridized carbons (Fsp3) is 0.500. The van der Waals surface area contributed by atoms with Crippen LogP contribution in [-0.4, -0.2) is 66.8 Å². The van der Waals surface area contributed by atoms with E-state index in [2.05, 4.69) is 45.0 Å². The fourth-order valence-corrected chi connectivity index (χ4v) is 5.45. The zero-order valence-electron chi connectivity index (χ0n) is 17.8. The molecule has 6 nitrogen and oxygen atoms in total. The van der Waals surface area contributed by atoms with Crippen molar-refractivity contribution in [1.82, 2.24) is 15.5 Å². The monoisotopic (exact) mass is 448 g/mol. The third kappa shape index (κ3) is 7.19. The number of hydrogen-bond donors (Lipinski definition) is 2. The molecule has 1 fully saturated rings. The Labute approximate surface area is 186 Å². The van der Waals surface area contributed by atoms with Crippen molar-refractivity contribution in [3.05, 3.63) is 58.3 Å². The van der Waals surface area contributed by atoms with E-state index in [1.54, 1.807) is 18.4 Å². The van der Waals surface area contributed by atoms with E-state index < -0.39 is 10.8 Å². The average Bonchev–Trinajstić information content (AvgIpc) is 3.28. The van der Waals surface area contributed by atoms with E-state index in [0.717, 1.165) is 37.8 Å². The Balaban J connectivity index is 1.47. The number of benzene rings is 1. The Hall–Kier alpha value is -1.74. The number of ether oxygens (including phenoxy) is 1. The summed E-state index contributed by atoms with van der Waals surface area (Å²) >= 11 is 1.78. The van der Waals surface area contributed by atoms with Gasteiger partial charge in [0.2, 0.25) is 0 Å². The van der Waals surface area contributed by atoms with Crippen LogP contribution in [0.2, 0.25) is 0 Å². The maximum Gasteiger partial charge on any atom is 0.191 e. The highest BCUT2D eigenvalue weighted by Crippen LogP contribution is 2.26. The number of thiophene rings is 1. The molecule has 0 radical (unpaired) electrons. The van der Waals surface area contributed by atoms with Crippen molar-refractivity contribution in [3.63, 3.8) is 0 Å². The molecule has 2 heterocycles. The van der Waals surface area contributed by atoms with Gasteiger partial charge >= 0.3 is 0 Å². The molecular weight excluding hydrogens is 416 g/mol. The van der Waals surface area contributed by atoms with Gasteiger partial charge in [-0.05, 0) is 23.9 Å². The van der Waals surface area contributed by atoms with Crippen molar-refractivity contribution in [2.45, 2.75) is 24.8 Å². The summed E-state index contributed by atoms with van der Waals surface area (Å²) in [5, 5.41) is 8.89. The summed E-state index contributed by atoms with van der Waals surface area (Å²) in [5.41, 5.74) is 1.11. The maximum atomic E-state index is 12.3. The third-order valence-corrected chi connectivity index (χ3v) is 7.35. The van der Waals surface area contributed by atoms with E-state index in [1.165, 1.54) is 4.88 Å². The minimum absolute atomic E-state index is 0.248. The van der Waals surface area contributed by atoms with Crippen LogP contribution in [0.15, 0.2) is 52.8 Å². The maximum absolute atomic E-state index is 12.3. The molecule has 2 aromatic rings. The molecule has 3 atom stereocenters. The molecule has 0 bridgehead atoms. The summed E-state index contributed by atoms with van der Waals surface area (Å²) in [6.45, 7) is 6.13. The Kier molecular flexibility index (Phi) is 9.32. The van der Waals surface area contributed by atoms with Gasteiger partial charge in [-0.3, -0.25) is 14.1 Å². The largest absolute Gasteiger partial charge is 0.376 e. The number of aliphatic imine (C=N–C) groups is 1. The number of nitrogens with one attached hydrogen (secondary N) is 2. The molecule has 0 aliphatic carbocycles. The highest BCUT2D eigenvalue weighted by atomic mass is 32.2. The molecule has 0 saturated carbocycles. The minimum Gasteiger partial charge on any atom is -0.376 e. The van der Waals surface area contributed by atoms with Gasteiger partial charge in [0.05, 0.1) is 18.8 Å². The lowest BCUT2D eigenvalue weighted by Crippen LogP contribution is -2.48. The van der Waals surface area contributed by atoms with Gasteiger partial charge in [-0.25, -0.2) is 0 Å². The predicted octanol–water partition coefficient (Wildman–Crippen LogP) is 2.62. The molecule has 1 saturated heterocycles. The van der Waals surface area contributed by atoms with Gasteiger partial charge in [0.1, 0.15) is 0 Å². The van der Waals surface area contributed by atoms with Crippen LogP contribution in [0, 0.1) is 0 Å². The van der Waals surface area contributed by atoms with Gasteiger partial charge in [-0.2, -0.15) is 0 Å². The predicted molar refractivity (Wildman–Crippen MR) is 127 cm³/mol. The molecule has 0 spiro atoms. The van der Waals surface area contributed by atoms with Crippen LogP contribution in [0.4, 0.5) is 0 Å². The number of rotatable bonds is 9. The fourth-order valence-electron chi connectivity index (χ4n) is 3.55. The smallest absolute Gasteiger partial charge is 0.191 e.